The van der Waals surface area contributed by atoms with Gasteiger partial charge in [-0.25, -0.2) is 9.59 Å². The Morgan fingerprint density at radius 1 is 1.02 bits per heavy atom. The van der Waals surface area contributed by atoms with Gasteiger partial charge in [-0.1, -0.05) is 65.0 Å². The van der Waals surface area contributed by atoms with Gasteiger partial charge in [0.2, 0.25) is 11.8 Å². The van der Waals surface area contributed by atoms with Gasteiger partial charge in [-0.05, 0) is 73.8 Å². The van der Waals surface area contributed by atoms with Crippen LogP contribution in [0.3, 0.4) is 0 Å². The number of aromatic nitrogens is 1. The third-order valence-electron chi connectivity index (χ3n) is 14.0. The van der Waals surface area contributed by atoms with E-state index < -0.39 is 53.0 Å². The van der Waals surface area contributed by atoms with E-state index in [4.69, 9.17) is 35.5 Å². The zero-order chi connectivity index (χ0) is 42.3. The van der Waals surface area contributed by atoms with E-state index in [0.29, 0.717) is 71.9 Å². The summed E-state index contributed by atoms with van der Waals surface area (Å²) in [6, 6.07) is 3.62. The molecule has 1 aromatic heterocycles. The molecule has 6 aliphatic rings. The Bertz CT molecular complexity index is 1940. The number of hydrogen-bond acceptors (Lipinski definition) is 10. The van der Waals surface area contributed by atoms with Gasteiger partial charge in [0.05, 0.1) is 25.3 Å². The Balaban J connectivity index is 1.07. The Kier molecular flexibility index (Phi) is 12.5. The number of halogens is 1. The number of nitrogens with zero attached hydrogens (tertiary/aromatic N) is 3. The molecule has 1 aromatic carbocycles. The van der Waals surface area contributed by atoms with E-state index in [9.17, 15) is 24.3 Å². The molecule has 2 aromatic rings. The summed E-state index contributed by atoms with van der Waals surface area (Å²) in [5.74, 6) is 0.207. The van der Waals surface area contributed by atoms with Crippen LogP contribution >= 0.6 is 11.6 Å². The summed E-state index contributed by atoms with van der Waals surface area (Å²) < 4.78 is 24.4. The Labute approximate surface area is 357 Å². The molecular formula is C45H62ClN5O9. The first-order chi connectivity index (χ1) is 28.7. The Morgan fingerprint density at radius 2 is 1.75 bits per heavy atom. The van der Waals surface area contributed by atoms with Crippen LogP contribution in [0.25, 0.3) is 10.9 Å². The number of carboxylic acids is 1. The molecule has 60 heavy (non-hydrogen) atoms. The van der Waals surface area contributed by atoms with Crippen molar-refractivity contribution in [1.82, 2.24) is 25.4 Å². The molecule has 3 amide bonds. The number of hydrogen-bond donors (Lipinski definition) is 3. The monoisotopic (exact) mass is 851 g/mol. The fourth-order valence-electron chi connectivity index (χ4n) is 10.2. The van der Waals surface area contributed by atoms with Gasteiger partial charge in [0.1, 0.15) is 53.0 Å². The molecule has 8 atom stereocenters. The number of amides is 3. The summed E-state index contributed by atoms with van der Waals surface area (Å²) in [7, 11) is 0. The fourth-order valence-corrected chi connectivity index (χ4v) is 10.4. The second-order valence-corrected chi connectivity index (χ2v) is 19.6. The maximum atomic E-state index is 14.8. The largest absolute Gasteiger partial charge is 0.491 e. The molecule has 2 aliphatic heterocycles. The lowest BCUT2D eigenvalue weighted by Crippen LogP contribution is -2.59. The molecule has 14 nitrogen and oxygen atoms in total. The van der Waals surface area contributed by atoms with E-state index in [2.05, 4.69) is 15.5 Å². The maximum Gasteiger partial charge on any atom is 0.408 e. The van der Waals surface area contributed by atoms with Crippen molar-refractivity contribution in [2.24, 2.45) is 23.2 Å². The van der Waals surface area contributed by atoms with Gasteiger partial charge in [0.15, 0.2) is 0 Å². The van der Waals surface area contributed by atoms with Gasteiger partial charge in [-0.15, -0.1) is 0 Å². The van der Waals surface area contributed by atoms with Gasteiger partial charge in [-0.2, -0.15) is 0 Å². The SMILES string of the molecule is CC[C@@H]1C[C@]1(NC(=O)[C@@H]1C[C@@H](Oc2cc(C3CCCCC3)nc3c(Cl)c(OCCN4CCOCC4)ccc23)CN1C(=O)[C@@H](NC(=O)O[C@@H]1C[C@@H]2C[C@@H]2C1)C(C)(C)C)C(=O)O. The number of rotatable bonds is 14. The minimum absolute atomic E-state index is 0.0303. The van der Waals surface area contributed by atoms with E-state index >= 15 is 0 Å². The summed E-state index contributed by atoms with van der Waals surface area (Å²) in [5, 5.41) is 17.0. The molecule has 15 heteroatoms. The number of benzene rings is 1. The summed E-state index contributed by atoms with van der Waals surface area (Å²) in [6.45, 7) is 11.8. The number of nitrogens with one attached hydrogen (secondary N) is 2. The molecular weight excluding hydrogens is 790 g/mol. The smallest absolute Gasteiger partial charge is 0.408 e. The fraction of sp³-hybridized carbons (Fsp3) is 0.711. The number of ether oxygens (including phenoxy) is 4. The highest BCUT2D eigenvalue weighted by Crippen LogP contribution is 2.52. The van der Waals surface area contributed by atoms with Gasteiger partial charge in [0, 0.05) is 49.1 Å². The van der Waals surface area contributed by atoms with Crippen LogP contribution in [0.1, 0.15) is 110 Å². The molecule has 6 fully saturated rings. The van der Waals surface area contributed by atoms with Crippen molar-refractivity contribution in [1.29, 1.82) is 0 Å². The Hall–Kier alpha value is -3.88. The van der Waals surface area contributed by atoms with Crippen molar-refractivity contribution in [2.75, 3.05) is 46.0 Å². The van der Waals surface area contributed by atoms with Crippen molar-refractivity contribution in [3.8, 4) is 11.5 Å². The lowest BCUT2D eigenvalue weighted by molar-refractivity contribution is -0.146. The van der Waals surface area contributed by atoms with Crippen molar-refractivity contribution in [3.63, 3.8) is 0 Å². The number of carbonyl (C=O) groups is 4. The highest BCUT2D eigenvalue weighted by Gasteiger charge is 2.61. The van der Waals surface area contributed by atoms with Gasteiger partial charge >= 0.3 is 12.1 Å². The lowest BCUT2D eigenvalue weighted by atomic mass is 9.85. The van der Waals surface area contributed by atoms with Crippen LogP contribution < -0.4 is 20.1 Å². The average Bonchev–Trinajstić information content (AvgIpc) is 4.04. The zero-order valence-corrected chi connectivity index (χ0v) is 36.3. The Morgan fingerprint density at radius 3 is 2.42 bits per heavy atom. The number of aliphatic carboxylic acids is 1. The summed E-state index contributed by atoms with van der Waals surface area (Å²) in [6.07, 6.45) is 7.76. The first-order valence-corrected chi connectivity index (χ1v) is 22.7. The quantitative estimate of drug-likeness (QED) is 0.195. The highest BCUT2D eigenvalue weighted by molar-refractivity contribution is 6.36. The van der Waals surface area contributed by atoms with Gasteiger partial charge in [0.25, 0.3) is 0 Å². The van der Waals surface area contributed by atoms with Gasteiger partial charge < -0.3 is 39.6 Å². The minimum Gasteiger partial charge on any atom is -0.491 e. The molecule has 0 unspecified atom stereocenters. The molecule has 2 saturated heterocycles. The third kappa shape index (κ3) is 9.16. The normalized spacial score (nSPS) is 29.7. The van der Waals surface area contributed by atoms with E-state index in [1.54, 1.807) is 0 Å². The molecule has 8 rings (SSSR count). The van der Waals surface area contributed by atoms with E-state index in [1.807, 2.05) is 45.9 Å². The maximum absolute atomic E-state index is 14.8. The van der Waals surface area contributed by atoms with E-state index in [0.717, 1.165) is 63.9 Å². The summed E-state index contributed by atoms with van der Waals surface area (Å²) >= 11 is 7.12. The zero-order valence-electron chi connectivity index (χ0n) is 35.5. The lowest BCUT2D eigenvalue weighted by Gasteiger charge is -2.35. The predicted molar refractivity (Wildman–Crippen MR) is 224 cm³/mol. The first kappa shape index (κ1) is 42.8. The standard InChI is InChI=1S/C45H62ClN5O9/c1-5-29-24-45(29,42(54)55)49-40(52)34-22-31(25-51(34)41(53)39(44(2,3)4)48-43(56)60-30-20-27-19-28(27)21-30)59-36-23-33(26-9-7-6-8-10-26)47-38-32(36)11-12-35(37(38)46)58-18-15-50-13-16-57-17-14-50/h11-12,23,26-31,34,39H,5-10,13-22,24-25H2,1-4H3,(H,48,56)(H,49,52)(H,54,55)/t27-,28+,29-,30+,31-,34+,39-,45-/m1/s1. The highest BCUT2D eigenvalue weighted by atomic mass is 35.5. The van der Waals surface area contributed by atoms with Crippen LogP contribution in [0.15, 0.2) is 18.2 Å². The van der Waals surface area contributed by atoms with Crippen molar-refractivity contribution >= 4 is 46.4 Å². The predicted octanol–water partition coefficient (Wildman–Crippen LogP) is 6.30. The van der Waals surface area contributed by atoms with Crippen LogP contribution in [0.5, 0.6) is 11.5 Å². The number of morpholine rings is 1. The van der Waals surface area contributed by atoms with Gasteiger partial charge in [-0.3, -0.25) is 19.5 Å². The number of likely N-dealkylation sites (tertiary alicyclic amines) is 1. The molecule has 3 N–H and O–H groups in total. The number of alkyl carbamates (subject to hydrolysis) is 1. The number of carbonyl (C=O) groups excluding carboxylic acids is 3. The second kappa shape index (κ2) is 17.5. The van der Waals surface area contributed by atoms with Crippen LogP contribution in [0, 0.1) is 23.2 Å². The second-order valence-electron chi connectivity index (χ2n) is 19.2. The van der Waals surface area contributed by atoms with Crippen molar-refractivity contribution < 1.29 is 43.2 Å². The molecule has 328 valence electrons. The van der Waals surface area contributed by atoms with E-state index in [1.165, 1.54) is 17.7 Å². The topological polar surface area (TPSA) is 169 Å². The van der Waals surface area contributed by atoms with Crippen molar-refractivity contribution in [2.45, 2.75) is 134 Å². The molecule has 4 aliphatic carbocycles. The molecule has 0 radical (unpaired) electrons. The summed E-state index contributed by atoms with van der Waals surface area (Å²) in [5.41, 5.74) is -0.698. The first-order valence-electron chi connectivity index (χ1n) is 22.3. The average molecular weight is 852 g/mol. The molecule has 0 spiro atoms. The van der Waals surface area contributed by atoms with Crippen LogP contribution in [-0.2, 0) is 23.9 Å². The third-order valence-corrected chi connectivity index (χ3v) is 14.3. The van der Waals surface area contributed by atoms with Crippen LogP contribution in [-0.4, -0.2) is 120 Å². The minimum atomic E-state index is -1.39. The molecule has 0 bridgehead atoms. The molecule has 3 heterocycles. The number of fused-ring (bicyclic) bond motifs is 2. The van der Waals surface area contributed by atoms with Crippen LogP contribution in [0.2, 0.25) is 5.02 Å². The van der Waals surface area contributed by atoms with Crippen molar-refractivity contribution in [3.05, 3.63) is 28.9 Å². The van der Waals surface area contributed by atoms with E-state index in [-0.39, 0.29) is 30.9 Å². The van der Waals surface area contributed by atoms with Crippen LogP contribution in [0.4, 0.5) is 4.79 Å². The number of carboxylic acid groups (broad SMARTS) is 1. The molecule has 4 saturated carbocycles. The summed E-state index contributed by atoms with van der Waals surface area (Å²) in [4.78, 5) is 63.8. The number of pyridine rings is 1.